The highest BCUT2D eigenvalue weighted by atomic mass is 16.5. The van der Waals surface area contributed by atoms with Gasteiger partial charge in [0.05, 0.1) is 6.42 Å². The molecule has 0 saturated carbocycles. The molecule has 0 radical (unpaired) electrons. The molecule has 1 aliphatic rings. The third-order valence-electron chi connectivity index (χ3n) is 3.16. The summed E-state index contributed by atoms with van der Waals surface area (Å²) in [5.74, 6) is -0.696. The maximum atomic E-state index is 11.6. The van der Waals surface area contributed by atoms with E-state index in [0.717, 1.165) is 5.56 Å². The smallest absolute Gasteiger partial charge is 0.312 e. The first-order valence-corrected chi connectivity index (χ1v) is 5.81. The molecule has 0 aliphatic carbocycles. The summed E-state index contributed by atoms with van der Waals surface area (Å²) in [7, 11) is 0. The van der Waals surface area contributed by atoms with Crippen molar-refractivity contribution >= 4 is 5.97 Å². The third kappa shape index (κ3) is 1.99. The third-order valence-corrected chi connectivity index (χ3v) is 3.16. The van der Waals surface area contributed by atoms with Crippen LogP contribution in [0, 0.1) is 0 Å². The molecule has 2 N–H and O–H groups in total. The van der Waals surface area contributed by atoms with Crippen molar-refractivity contribution in [2.24, 2.45) is 0 Å². The molecule has 5 nitrogen and oxygen atoms in total. The van der Waals surface area contributed by atoms with Crippen molar-refractivity contribution in [2.45, 2.75) is 12.3 Å². The van der Waals surface area contributed by atoms with Gasteiger partial charge in [-0.3, -0.25) is 9.78 Å². The van der Waals surface area contributed by atoms with E-state index in [1.165, 1.54) is 12.1 Å². The summed E-state index contributed by atoms with van der Waals surface area (Å²) in [6.07, 6.45) is 3.41. The average Bonchev–Trinajstić information content (AvgIpc) is 2.38. The highest BCUT2D eigenvalue weighted by molar-refractivity contribution is 5.79. The largest absolute Gasteiger partial charge is 0.508 e. The minimum Gasteiger partial charge on any atom is -0.508 e. The number of ether oxygens (including phenoxy) is 1. The standard InChI is InChI=1S/C14H11NO4/c16-9-5-11(17)14-10(8-1-3-15-4-2-8)7-13(18)19-12(14)6-9/h1-6,10,16-17H,7H2. The van der Waals surface area contributed by atoms with Crippen LogP contribution in [0.2, 0.25) is 0 Å². The number of pyridine rings is 1. The van der Waals surface area contributed by atoms with Crippen molar-refractivity contribution in [1.82, 2.24) is 4.98 Å². The Labute approximate surface area is 109 Å². The van der Waals surface area contributed by atoms with Crippen LogP contribution in [0.25, 0.3) is 0 Å². The first kappa shape index (κ1) is 11.5. The van der Waals surface area contributed by atoms with Crippen molar-refractivity contribution < 1.29 is 19.7 Å². The van der Waals surface area contributed by atoms with Crippen molar-refractivity contribution in [3.63, 3.8) is 0 Å². The van der Waals surface area contributed by atoms with E-state index in [2.05, 4.69) is 4.98 Å². The lowest BCUT2D eigenvalue weighted by Gasteiger charge is -2.25. The molecule has 1 aromatic heterocycles. The molecule has 0 spiro atoms. The normalized spacial score (nSPS) is 17.7. The monoisotopic (exact) mass is 257 g/mol. The molecule has 0 saturated heterocycles. The molecule has 0 amide bonds. The number of carbonyl (C=O) groups is 1. The van der Waals surface area contributed by atoms with Crippen LogP contribution in [0.1, 0.15) is 23.5 Å². The van der Waals surface area contributed by atoms with Gasteiger partial charge in [-0.2, -0.15) is 0 Å². The van der Waals surface area contributed by atoms with Crippen LogP contribution in [0.15, 0.2) is 36.7 Å². The molecule has 1 aromatic carbocycles. The molecule has 0 bridgehead atoms. The Hall–Kier alpha value is -2.56. The highest BCUT2D eigenvalue weighted by Gasteiger charge is 2.31. The first-order valence-electron chi connectivity index (χ1n) is 5.81. The van der Waals surface area contributed by atoms with E-state index in [0.29, 0.717) is 5.56 Å². The summed E-state index contributed by atoms with van der Waals surface area (Å²) in [6.45, 7) is 0. The van der Waals surface area contributed by atoms with E-state index in [9.17, 15) is 15.0 Å². The van der Waals surface area contributed by atoms with Gasteiger partial charge in [0, 0.05) is 36.0 Å². The van der Waals surface area contributed by atoms with Gasteiger partial charge < -0.3 is 14.9 Å². The number of aromatic nitrogens is 1. The quantitative estimate of drug-likeness (QED) is 0.602. The number of aromatic hydroxyl groups is 2. The lowest BCUT2D eigenvalue weighted by atomic mass is 9.86. The highest BCUT2D eigenvalue weighted by Crippen LogP contribution is 2.45. The number of phenolic OH excluding ortho intramolecular Hbond substituents is 2. The van der Waals surface area contributed by atoms with Crippen LogP contribution in [0.5, 0.6) is 17.2 Å². The molecule has 19 heavy (non-hydrogen) atoms. The molecule has 0 fully saturated rings. The van der Waals surface area contributed by atoms with Crippen LogP contribution in [0.3, 0.4) is 0 Å². The van der Waals surface area contributed by atoms with Crippen LogP contribution in [-0.2, 0) is 4.79 Å². The Morgan fingerprint density at radius 1 is 1.21 bits per heavy atom. The molecule has 2 heterocycles. The fourth-order valence-electron chi connectivity index (χ4n) is 2.35. The second kappa shape index (κ2) is 4.28. The fraction of sp³-hybridized carbons (Fsp3) is 0.143. The number of carbonyl (C=O) groups excluding carboxylic acids is 1. The number of nitrogens with zero attached hydrogens (tertiary/aromatic N) is 1. The fourth-order valence-corrected chi connectivity index (χ4v) is 2.35. The van der Waals surface area contributed by atoms with E-state index in [-0.39, 0.29) is 35.6 Å². The molecule has 2 aromatic rings. The van der Waals surface area contributed by atoms with Crippen LogP contribution in [-0.4, -0.2) is 21.2 Å². The second-order valence-corrected chi connectivity index (χ2v) is 4.39. The number of hydrogen-bond donors (Lipinski definition) is 2. The summed E-state index contributed by atoms with van der Waals surface area (Å²) in [4.78, 5) is 15.6. The van der Waals surface area contributed by atoms with Gasteiger partial charge in [0.15, 0.2) is 0 Å². The number of esters is 1. The van der Waals surface area contributed by atoms with Crippen LogP contribution < -0.4 is 4.74 Å². The summed E-state index contributed by atoms with van der Waals surface area (Å²) >= 11 is 0. The van der Waals surface area contributed by atoms with Gasteiger partial charge in [-0.05, 0) is 17.7 Å². The van der Waals surface area contributed by atoms with Gasteiger partial charge in [0.2, 0.25) is 0 Å². The Balaban J connectivity index is 2.17. The van der Waals surface area contributed by atoms with Gasteiger partial charge in [-0.25, -0.2) is 0 Å². The molecule has 1 aliphatic heterocycles. The zero-order valence-corrected chi connectivity index (χ0v) is 9.91. The lowest BCUT2D eigenvalue weighted by Crippen LogP contribution is -2.21. The zero-order chi connectivity index (χ0) is 13.4. The maximum absolute atomic E-state index is 11.6. The summed E-state index contributed by atoms with van der Waals surface area (Å²) in [5, 5.41) is 19.4. The Bertz CT molecular complexity index is 639. The Kier molecular flexibility index (Phi) is 2.59. The zero-order valence-electron chi connectivity index (χ0n) is 9.91. The van der Waals surface area contributed by atoms with Crippen LogP contribution >= 0.6 is 0 Å². The molecule has 5 heteroatoms. The molecular formula is C14H11NO4. The molecule has 1 unspecified atom stereocenters. The number of phenols is 2. The van der Waals surface area contributed by atoms with Crippen molar-refractivity contribution in [3.8, 4) is 17.2 Å². The summed E-state index contributed by atoms with van der Waals surface area (Å²) in [5.41, 5.74) is 1.39. The number of rotatable bonds is 1. The second-order valence-electron chi connectivity index (χ2n) is 4.39. The van der Waals surface area contributed by atoms with E-state index >= 15 is 0 Å². The van der Waals surface area contributed by atoms with E-state index in [1.54, 1.807) is 24.5 Å². The topological polar surface area (TPSA) is 79.7 Å². The number of benzene rings is 1. The average molecular weight is 257 g/mol. The predicted octanol–water partition coefficient (Wildman–Crippen LogP) is 1.93. The molecule has 96 valence electrons. The lowest BCUT2D eigenvalue weighted by molar-refractivity contribution is -0.135. The van der Waals surface area contributed by atoms with E-state index in [1.807, 2.05) is 0 Å². The first-order chi connectivity index (χ1) is 9.15. The number of fused-ring (bicyclic) bond motifs is 1. The van der Waals surface area contributed by atoms with Crippen molar-refractivity contribution in [2.75, 3.05) is 0 Å². The summed E-state index contributed by atoms with van der Waals surface area (Å²) < 4.78 is 5.07. The molecule has 3 rings (SSSR count). The van der Waals surface area contributed by atoms with Gasteiger partial charge in [-0.1, -0.05) is 0 Å². The Morgan fingerprint density at radius 2 is 1.95 bits per heavy atom. The van der Waals surface area contributed by atoms with Crippen LogP contribution in [0.4, 0.5) is 0 Å². The van der Waals surface area contributed by atoms with Crippen molar-refractivity contribution in [1.29, 1.82) is 0 Å². The predicted molar refractivity (Wildman–Crippen MR) is 66.1 cm³/mol. The minimum atomic E-state index is -0.390. The minimum absolute atomic E-state index is 0.0793. The number of hydrogen-bond acceptors (Lipinski definition) is 5. The molecule has 1 atom stereocenters. The molecular weight excluding hydrogens is 246 g/mol. The maximum Gasteiger partial charge on any atom is 0.312 e. The SMILES string of the molecule is O=C1CC(c2ccncc2)c2c(O)cc(O)cc2O1. The van der Waals surface area contributed by atoms with E-state index < -0.39 is 0 Å². The van der Waals surface area contributed by atoms with Crippen molar-refractivity contribution in [3.05, 3.63) is 47.8 Å². The van der Waals surface area contributed by atoms with Gasteiger partial charge in [-0.15, -0.1) is 0 Å². The Morgan fingerprint density at radius 3 is 2.68 bits per heavy atom. The van der Waals surface area contributed by atoms with E-state index in [4.69, 9.17) is 4.74 Å². The van der Waals surface area contributed by atoms with Gasteiger partial charge in [0.1, 0.15) is 17.2 Å². The van der Waals surface area contributed by atoms with Gasteiger partial charge in [0.25, 0.3) is 0 Å². The van der Waals surface area contributed by atoms with Gasteiger partial charge >= 0.3 is 5.97 Å². The summed E-state index contributed by atoms with van der Waals surface area (Å²) in [6, 6.07) is 6.16.